The maximum absolute atomic E-state index is 12.8. The van der Waals surface area contributed by atoms with Crippen LogP contribution < -0.4 is 5.56 Å². The van der Waals surface area contributed by atoms with Crippen LogP contribution in [0.5, 0.6) is 0 Å². The quantitative estimate of drug-likeness (QED) is 0.477. The van der Waals surface area contributed by atoms with Crippen LogP contribution in [0.2, 0.25) is 0 Å². The highest BCUT2D eigenvalue weighted by atomic mass is 32.2. The summed E-state index contributed by atoms with van der Waals surface area (Å²) in [4.78, 5) is 22.3. The molecule has 0 radical (unpaired) electrons. The summed E-state index contributed by atoms with van der Waals surface area (Å²) in [6.45, 7) is 2.07. The van der Waals surface area contributed by atoms with Gasteiger partial charge < -0.3 is 4.98 Å². The fourth-order valence-electron chi connectivity index (χ4n) is 2.93. The molecule has 27 heavy (non-hydrogen) atoms. The smallest absolute Gasteiger partial charge is 0.260 e. The van der Waals surface area contributed by atoms with Crippen molar-refractivity contribution >= 4 is 44.3 Å². The molecule has 0 unspecified atom stereocenters. The lowest BCUT2D eigenvalue weighted by atomic mass is 10.1. The van der Waals surface area contributed by atoms with Crippen LogP contribution in [0, 0.1) is 6.92 Å². The van der Waals surface area contributed by atoms with Crippen molar-refractivity contribution < 1.29 is 0 Å². The number of nitrogens with one attached hydrogen (secondary N) is 1. The van der Waals surface area contributed by atoms with E-state index in [0.717, 1.165) is 26.4 Å². The Morgan fingerprint density at radius 3 is 2.56 bits per heavy atom. The van der Waals surface area contributed by atoms with E-state index in [1.165, 1.54) is 16.9 Å². The zero-order valence-electron chi connectivity index (χ0n) is 15.0. The molecule has 134 valence electrons. The summed E-state index contributed by atoms with van der Waals surface area (Å²) in [7, 11) is 0. The van der Waals surface area contributed by atoms with Gasteiger partial charge >= 0.3 is 0 Å². The van der Waals surface area contributed by atoms with Gasteiger partial charge in [-0.3, -0.25) is 4.79 Å². The molecule has 0 saturated carbocycles. The summed E-state index contributed by atoms with van der Waals surface area (Å²) in [6.07, 6.45) is 4.05. The molecular formula is C22H18N2OS2. The monoisotopic (exact) mass is 390 g/mol. The first-order valence-corrected chi connectivity index (χ1v) is 10.7. The minimum atomic E-state index is -0.0982. The van der Waals surface area contributed by atoms with Gasteiger partial charge in [-0.25, -0.2) is 4.98 Å². The Morgan fingerprint density at radius 2 is 1.85 bits per heavy atom. The lowest BCUT2D eigenvalue weighted by molar-refractivity contribution is 1.15. The summed E-state index contributed by atoms with van der Waals surface area (Å²) in [6, 6.07) is 18.2. The molecule has 2 aromatic carbocycles. The van der Waals surface area contributed by atoms with Crippen molar-refractivity contribution in [3.8, 4) is 11.1 Å². The van der Waals surface area contributed by atoms with Gasteiger partial charge in [0.1, 0.15) is 10.7 Å². The number of benzene rings is 2. The van der Waals surface area contributed by atoms with Crippen LogP contribution in [-0.4, -0.2) is 16.2 Å². The standard InChI is InChI=1S/C22H18N2OS2/c1-14-8-10-15(11-9-14)12-18(26-2)20-23-21(25)19-17(13-27-22(19)24-20)16-6-4-3-5-7-16/h3-13H,1-2H3,(H,23,24,25)/b18-12-. The van der Waals surface area contributed by atoms with E-state index in [4.69, 9.17) is 4.98 Å². The molecule has 1 N–H and O–H groups in total. The van der Waals surface area contributed by atoms with Crippen LogP contribution in [0.4, 0.5) is 0 Å². The van der Waals surface area contributed by atoms with Gasteiger partial charge in [-0.1, -0.05) is 60.2 Å². The fraction of sp³-hybridized carbons (Fsp3) is 0.0909. The molecular weight excluding hydrogens is 372 g/mol. The molecule has 4 rings (SSSR count). The third kappa shape index (κ3) is 3.61. The average molecular weight is 391 g/mol. The van der Waals surface area contributed by atoms with Crippen molar-refractivity contribution in [1.29, 1.82) is 0 Å². The number of thioether (sulfide) groups is 1. The van der Waals surface area contributed by atoms with Crippen molar-refractivity contribution in [1.82, 2.24) is 9.97 Å². The SMILES string of the molecule is CS/C(=C\c1ccc(C)cc1)c1nc2scc(-c3ccccc3)c2c(=O)[nH]1. The van der Waals surface area contributed by atoms with Gasteiger partial charge in [0, 0.05) is 10.9 Å². The lowest BCUT2D eigenvalue weighted by Crippen LogP contribution is -2.10. The Labute approximate surface area is 165 Å². The maximum Gasteiger partial charge on any atom is 0.260 e. The first kappa shape index (κ1) is 17.8. The molecule has 0 fully saturated rings. The Balaban J connectivity index is 1.81. The second-order valence-electron chi connectivity index (χ2n) is 6.23. The average Bonchev–Trinajstić information content (AvgIpc) is 3.13. The summed E-state index contributed by atoms with van der Waals surface area (Å²) in [5, 5.41) is 2.67. The topological polar surface area (TPSA) is 45.8 Å². The van der Waals surface area contributed by atoms with Gasteiger partial charge in [0.2, 0.25) is 0 Å². The van der Waals surface area contributed by atoms with E-state index < -0.39 is 0 Å². The van der Waals surface area contributed by atoms with Crippen molar-refractivity contribution in [2.24, 2.45) is 0 Å². The van der Waals surface area contributed by atoms with Gasteiger partial charge in [-0.05, 0) is 30.4 Å². The summed E-state index contributed by atoms with van der Waals surface area (Å²) >= 11 is 3.08. The van der Waals surface area contributed by atoms with Crippen molar-refractivity contribution in [2.75, 3.05) is 6.26 Å². The number of rotatable bonds is 4. The van der Waals surface area contributed by atoms with Gasteiger partial charge in [-0.2, -0.15) is 0 Å². The third-order valence-corrected chi connectivity index (χ3v) is 5.98. The zero-order valence-corrected chi connectivity index (χ0v) is 16.7. The van der Waals surface area contributed by atoms with E-state index in [0.29, 0.717) is 11.2 Å². The molecule has 3 nitrogen and oxygen atoms in total. The van der Waals surface area contributed by atoms with Crippen molar-refractivity contribution in [2.45, 2.75) is 6.92 Å². The second-order valence-corrected chi connectivity index (χ2v) is 7.94. The summed E-state index contributed by atoms with van der Waals surface area (Å²) in [5.74, 6) is 0.613. The van der Waals surface area contributed by atoms with E-state index in [-0.39, 0.29) is 5.56 Å². The summed E-state index contributed by atoms with van der Waals surface area (Å²) < 4.78 is 0. The minimum absolute atomic E-state index is 0.0982. The highest BCUT2D eigenvalue weighted by Crippen LogP contribution is 2.32. The Morgan fingerprint density at radius 1 is 1.11 bits per heavy atom. The number of fused-ring (bicyclic) bond motifs is 1. The molecule has 2 heterocycles. The van der Waals surface area contributed by atoms with Gasteiger partial charge in [0.05, 0.1) is 10.3 Å². The first-order valence-electron chi connectivity index (χ1n) is 8.55. The van der Waals surface area contributed by atoms with E-state index in [9.17, 15) is 4.79 Å². The number of aromatic nitrogens is 2. The Hall–Kier alpha value is -2.63. The number of nitrogens with zero attached hydrogens (tertiary/aromatic N) is 1. The van der Waals surface area contributed by atoms with Crippen LogP contribution in [0.1, 0.15) is 17.0 Å². The van der Waals surface area contributed by atoms with Crippen LogP contribution in [0.15, 0.2) is 64.8 Å². The number of aromatic amines is 1. The number of H-pyrrole nitrogens is 1. The predicted octanol–water partition coefficient (Wildman–Crippen LogP) is 5.82. The first-order chi connectivity index (χ1) is 13.2. The number of thiophene rings is 1. The summed E-state index contributed by atoms with van der Waals surface area (Å²) in [5.41, 5.74) is 4.17. The molecule has 5 heteroatoms. The molecule has 0 atom stereocenters. The van der Waals surface area contributed by atoms with Crippen LogP contribution in [0.25, 0.3) is 32.3 Å². The zero-order chi connectivity index (χ0) is 18.8. The Bertz CT molecular complexity index is 1170. The van der Waals surface area contributed by atoms with Crippen molar-refractivity contribution in [3.63, 3.8) is 0 Å². The number of aryl methyl sites for hydroxylation is 1. The van der Waals surface area contributed by atoms with Crippen LogP contribution in [-0.2, 0) is 0 Å². The minimum Gasteiger partial charge on any atom is -0.305 e. The lowest BCUT2D eigenvalue weighted by Gasteiger charge is -2.05. The van der Waals surface area contributed by atoms with Crippen LogP contribution in [0.3, 0.4) is 0 Å². The molecule has 0 amide bonds. The van der Waals surface area contributed by atoms with Gasteiger partial charge in [0.15, 0.2) is 0 Å². The van der Waals surface area contributed by atoms with Gasteiger partial charge in [0.25, 0.3) is 5.56 Å². The van der Waals surface area contributed by atoms with Crippen molar-refractivity contribution in [3.05, 3.63) is 87.3 Å². The van der Waals surface area contributed by atoms with E-state index in [1.54, 1.807) is 11.8 Å². The maximum atomic E-state index is 12.8. The molecule has 0 spiro atoms. The number of hydrogen-bond donors (Lipinski definition) is 1. The van der Waals surface area contributed by atoms with E-state index in [2.05, 4.69) is 42.2 Å². The molecule has 0 aliphatic rings. The number of hydrogen-bond acceptors (Lipinski definition) is 4. The third-order valence-electron chi connectivity index (χ3n) is 4.36. The van der Waals surface area contributed by atoms with E-state index in [1.807, 2.05) is 42.0 Å². The molecule has 2 aromatic heterocycles. The largest absolute Gasteiger partial charge is 0.305 e. The van der Waals surface area contributed by atoms with Crippen LogP contribution >= 0.6 is 23.1 Å². The molecule has 0 saturated heterocycles. The highest BCUT2D eigenvalue weighted by molar-refractivity contribution is 8.07. The molecule has 0 aliphatic heterocycles. The predicted molar refractivity (Wildman–Crippen MR) is 118 cm³/mol. The molecule has 0 bridgehead atoms. The normalized spacial score (nSPS) is 11.9. The Kier molecular flexibility index (Phi) is 4.97. The molecule has 0 aliphatic carbocycles. The van der Waals surface area contributed by atoms with Gasteiger partial charge in [-0.15, -0.1) is 23.1 Å². The van der Waals surface area contributed by atoms with E-state index >= 15 is 0 Å². The highest BCUT2D eigenvalue weighted by Gasteiger charge is 2.14. The second kappa shape index (κ2) is 7.55. The fourth-order valence-corrected chi connectivity index (χ4v) is 4.43. The molecule has 4 aromatic rings.